The molecule has 1 fully saturated rings. The van der Waals surface area contributed by atoms with E-state index in [-0.39, 0.29) is 29.8 Å². The molecule has 1 aliphatic heterocycles. The van der Waals surface area contributed by atoms with E-state index in [1.54, 1.807) is 55.5 Å². The Balaban J connectivity index is 1.74. The van der Waals surface area contributed by atoms with Gasteiger partial charge in [0.15, 0.2) is 0 Å². The summed E-state index contributed by atoms with van der Waals surface area (Å²) >= 11 is 0. The number of Topliss-reactive ketones (excluding diaryl/α,β-unsaturated/α-hetero) is 1. The normalized spacial score (nSPS) is 17.6. The molecule has 6 nitrogen and oxygen atoms in total. The van der Waals surface area contributed by atoms with Crippen LogP contribution in [0, 0.1) is 12.7 Å². The number of halogens is 1. The van der Waals surface area contributed by atoms with Crippen molar-refractivity contribution in [2.75, 3.05) is 6.54 Å². The summed E-state index contributed by atoms with van der Waals surface area (Å²) in [4.78, 5) is 27.5. The van der Waals surface area contributed by atoms with Gasteiger partial charge in [0, 0.05) is 12.1 Å². The molecule has 0 radical (unpaired) electrons. The van der Waals surface area contributed by atoms with Crippen molar-refractivity contribution < 1.29 is 28.2 Å². The zero-order chi connectivity index (χ0) is 24.4. The van der Waals surface area contributed by atoms with Crippen molar-refractivity contribution in [2.45, 2.75) is 39.3 Å². The van der Waals surface area contributed by atoms with Crippen molar-refractivity contribution in [1.29, 1.82) is 0 Å². The molecular formula is C27H26FNO5. The number of furan rings is 1. The summed E-state index contributed by atoms with van der Waals surface area (Å²) in [6, 6.07) is 15.3. The Morgan fingerprint density at radius 1 is 1.12 bits per heavy atom. The van der Waals surface area contributed by atoms with Crippen LogP contribution < -0.4 is 4.74 Å². The number of carbonyl (C=O) groups is 2. The molecule has 1 saturated heterocycles. The average Bonchev–Trinajstić information content (AvgIpc) is 3.33. The molecule has 1 aromatic heterocycles. The van der Waals surface area contributed by atoms with Gasteiger partial charge in [0.1, 0.15) is 34.9 Å². The van der Waals surface area contributed by atoms with Gasteiger partial charge < -0.3 is 19.2 Å². The lowest BCUT2D eigenvalue weighted by atomic mass is 9.99. The van der Waals surface area contributed by atoms with Crippen LogP contribution >= 0.6 is 0 Å². The van der Waals surface area contributed by atoms with E-state index in [4.69, 9.17) is 9.15 Å². The molecule has 1 unspecified atom stereocenters. The topological polar surface area (TPSA) is 80.0 Å². The average molecular weight is 464 g/mol. The van der Waals surface area contributed by atoms with Crippen molar-refractivity contribution >= 4 is 17.4 Å². The largest absolute Gasteiger partial charge is 0.507 e. The second kappa shape index (κ2) is 9.55. The molecule has 7 heteroatoms. The standard InChI is InChI=1S/C27H26FNO5/c1-16(2)33-21-6-4-5-19(15-21)25(30)23-24(22-12-7-17(3)34-22)29(27(32)26(23)31)14-13-18-8-10-20(28)11-9-18/h4-12,15-16,24,30H,13-14H2,1-3H3/b25-23-. The van der Waals surface area contributed by atoms with E-state index in [0.29, 0.717) is 29.3 Å². The summed E-state index contributed by atoms with van der Waals surface area (Å²) in [6.07, 6.45) is 0.335. The predicted molar refractivity (Wildman–Crippen MR) is 125 cm³/mol. The third kappa shape index (κ3) is 4.73. The summed E-state index contributed by atoms with van der Waals surface area (Å²) in [6.45, 7) is 5.73. The van der Waals surface area contributed by atoms with Crippen LogP contribution in [0.3, 0.4) is 0 Å². The predicted octanol–water partition coefficient (Wildman–Crippen LogP) is 5.18. The lowest BCUT2D eigenvalue weighted by molar-refractivity contribution is -0.140. The van der Waals surface area contributed by atoms with E-state index >= 15 is 0 Å². The Hall–Kier alpha value is -3.87. The minimum Gasteiger partial charge on any atom is -0.507 e. The highest BCUT2D eigenvalue weighted by molar-refractivity contribution is 6.46. The van der Waals surface area contributed by atoms with E-state index in [9.17, 15) is 19.1 Å². The van der Waals surface area contributed by atoms with Crippen LogP contribution in [0.15, 0.2) is 70.7 Å². The maximum absolute atomic E-state index is 13.3. The second-order valence-corrected chi connectivity index (χ2v) is 8.51. The minimum absolute atomic E-state index is 0.0415. The Kier molecular flexibility index (Phi) is 6.54. The van der Waals surface area contributed by atoms with Crippen molar-refractivity contribution in [3.63, 3.8) is 0 Å². The van der Waals surface area contributed by atoms with Gasteiger partial charge in [-0.25, -0.2) is 4.39 Å². The third-order valence-electron chi connectivity index (χ3n) is 5.60. The van der Waals surface area contributed by atoms with E-state index in [2.05, 4.69) is 0 Å². The number of hydrogen-bond acceptors (Lipinski definition) is 5. The molecule has 4 rings (SSSR count). The molecule has 2 heterocycles. The van der Waals surface area contributed by atoms with Gasteiger partial charge in [0.25, 0.3) is 11.7 Å². The highest BCUT2D eigenvalue weighted by Crippen LogP contribution is 2.40. The number of aliphatic hydroxyl groups excluding tert-OH is 1. The lowest BCUT2D eigenvalue weighted by Crippen LogP contribution is -2.31. The van der Waals surface area contributed by atoms with Crippen LogP contribution in [-0.4, -0.2) is 34.3 Å². The smallest absolute Gasteiger partial charge is 0.295 e. The SMILES string of the molecule is Cc1ccc(C2/C(=C(/O)c3cccc(OC(C)C)c3)C(=O)C(=O)N2CCc2ccc(F)cc2)o1. The quantitative estimate of drug-likeness (QED) is 0.297. The third-order valence-corrected chi connectivity index (χ3v) is 5.60. The summed E-state index contributed by atoms with van der Waals surface area (Å²) in [7, 11) is 0. The van der Waals surface area contributed by atoms with Gasteiger partial charge >= 0.3 is 0 Å². The summed E-state index contributed by atoms with van der Waals surface area (Å²) < 4.78 is 24.8. The number of hydrogen-bond donors (Lipinski definition) is 1. The van der Waals surface area contributed by atoms with Gasteiger partial charge in [-0.15, -0.1) is 0 Å². The van der Waals surface area contributed by atoms with Crippen molar-refractivity contribution in [2.24, 2.45) is 0 Å². The molecule has 2 aromatic carbocycles. The molecule has 1 amide bonds. The number of nitrogens with zero attached hydrogens (tertiary/aromatic N) is 1. The number of rotatable bonds is 7. The Labute approximate surface area is 197 Å². The molecule has 1 aliphatic rings. The van der Waals surface area contributed by atoms with Crippen LogP contribution in [0.2, 0.25) is 0 Å². The number of likely N-dealkylation sites (tertiary alicyclic amines) is 1. The fraction of sp³-hybridized carbons (Fsp3) is 0.259. The fourth-order valence-electron chi connectivity index (χ4n) is 4.05. The maximum Gasteiger partial charge on any atom is 0.295 e. The minimum atomic E-state index is -0.885. The van der Waals surface area contributed by atoms with Crippen molar-refractivity contribution in [3.05, 3.63) is 94.7 Å². The van der Waals surface area contributed by atoms with Gasteiger partial charge in [-0.05, 0) is 69.2 Å². The van der Waals surface area contributed by atoms with Crippen LogP contribution in [0.4, 0.5) is 4.39 Å². The number of aryl methyl sites for hydroxylation is 1. The zero-order valence-electron chi connectivity index (χ0n) is 19.2. The molecule has 0 saturated carbocycles. The first-order valence-electron chi connectivity index (χ1n) is 11.1. The van der Waals surface area contributed by atoms with E-state index < -0.39 is 17.7 Å². The summed E-state index contributed by atoms with van der Waals surface area (Å²) in [5.41, 5.74) is 1.14. The lowest BCUT2D eigenvalue weighted by Gasteiger charge is -2.23. The Morgan fingerprint density at radius 3 is 2.50 bits per heavy atom. The van der Waals surface area contributed by atoms with Gasteiger partial charge in [-0.2, -0.15) is 0 Å². The van der Waals surface area contributed by atoms with Crippen molar-refractivity contribution in [1.82, 2.24) is 4.90 Å². The monoisotopic (exact) mass is 463 g/mol. The molecule has 0 aliphatic carbocycles. The second-order valence-electron chi connectivity index (χ2n) is 8.51. The maximum atomic E-state index is 13.3. The van der Waals surface area contributed by atoms with Crippen LogP contribution in [-0.2, 0) is 16.0 Å². The van der Waals surface area contributed by atoms with E-state index in [0.717, 1.165) is 5.56 Å². The molecule has 0 bridgehead atoms. The number of aliphatic hydroxyl groups is 1. The van der Waals surface area contributed by atoms with Gasteiger partial charge in [0.2, 0.25) is 0 Å². The summed E-state index contributed by atoms with van der Waals surface area (Å²) in [5.74, 6) is -0.619. The van der Waals surface area contributed by atoms with Crippen LogP contribution in [0.5, 0.6) is 5.75 Å². The van der Waals surface area contributed by atoms with Gasteiger partial charge in [-0.3, -0.25) is 9.59 Å². The van der Waals surface area contributed by atoms with Crippen LogP contribution in [0.1, 0.15) is 42.5 Å². The van der Waals surface area contributed by atoms with Crippen molar-refractivity contribution in [3.8, 4) is 5.75 Å². The van der Waals surface area contributed by atoms with Gasteiger partial charge in [-0.1, -0.05) is 24.3 Å². The number of carbonyl (C=O) groups excluding carboxylic acids is 2. The summed E-state index contributed by atoms with van der Waals surface area (Å²) in [5, 5.41) is 11.2. The number of amides is 1. The molecule has 1 atom stereocenters. The fourth-order valence-corrected chi connectivity index (χ4v) is 4.05. The van der Waals surface area contributed by atoms with E-state index in [1.807, 2.05) is 13.8 Å². The molecule has 34 heavy (non-hydrogen) atoms. The highest BCUT2D eigenvalue weighted by Gasteiger charge is 2.47. The highest BCUT2D eigenvalue weighted by atomic mass is 19.1. The zero-order valence-corrected chi connectivity index (χ0v) is 19.2. The van der Waals surface area contributed by atoms with E-state index in [1.165, 1.54) is 17.0 Å². The Morgan fingerprint density at radius 2 is 1.85 bits per heavy atom. The first kappa shape index (κ1) is 23.3. The first-order chi connectivity index (χ1) is 16.2. The first-order valence-corrected chi connectivity index (χ1v) is 11.1. The Bertz CT molecular complexity index is 1240. The number of ketones is 1. The molecule has 3 aromatic rings. The molecule has 1 N–H and O–H groups in total. The number of ether oxygens (including phenoxy) is 1. The molecular weight excluding hydrogens is 437 g/mol. The van der Waals surface area contributed by atoms with Crippen LogP contribution in [0.25, 0.3) is 5.76 Å². The number of benzene rings is 2. The van der Waals surface area contributed by atoms with Gasteiger partial charge in [0.05, 0.1) is 11.7 Å². The molecule has 0 spiro atoms. The molecule has 176 valence electrons.